The average molecular weight is 303 g/mol. The van der Waals surface area contributed by atoms with Crippen LogP contribution in [0.25, 0.3) is 0 Å². The molecule has 7 heteroatoms. The Kier molecular flexibility index (Phi) is 3.08. The van der Waals surface area contributed by atoms with Gasteiger partial charge in [0, 0.05) is 18.5 Å². The number of ether oxygens (including phenoxy) is 1. The van der Waals surface area contributed by atoms with E-state index >= 15 is 0 Å². The zero-order valence-electron chi connectivity index (χ0n) is 10.0. The number of hydrogen-bond donors (Lipinski definition) is 1. The summed E-state index contributed by atoms with van der Waals surface area (Å²) in [6.45, 7) is 2.92. The molecule has 0 atom stereocenters. The molecule has 3 rings (SSSR count). The second-order valence-corrected chi connectivity index (χ2v) is 5.89. The van der Waals surface area contributed by atoms with Gasteiger partial charge in [0.15, 0.2) is 0 Å². The molecular formula is C12H12Cl2N2O3. The van der Waals surface area contributed by atoms with Crippen LogP contribution in [0.1, 0.15) is 16.8 Å². The maximum absolute atomic E-state index is 11.3. The Morgan fingerprint density at radius 2 is 2.21 bits per heavy atom. The molecule has 0 radical (unpaired) electrons. The molecule has 0 unspecified atom stereocenters. The number of carboxylic acids is 1. The van der Waals surface area contributed by atoms with Gasteiger partial charge in [-0.2, -0.15) is 0 Å². The Morgan fingerprint density at radius 1 is 1.47 bits per heavy atom. The highest BCUT2D eigenvalue weighted by Gasteiger charge is 2.45. The molecule has 3 heterocycles. The van der Waals surface area contributed by atoms with Crippen molar-refractivity contribution in [1.29, 1.82) is 0 Å². The van der Waals surface area contributed by atoms with Crippen molar-refractivity contribution in [3.05, 3.63) is 21.8 Å². The van der Waals surface area contributed by atoms with Crippen molar-refractivity contribution in [3.8, 4) is 0 Å². The summed E-state index contributed by atoms with van der Waals surface area (Å²) in [6.07, 6.45) is 0.970. The number of rotatable bonds is 2. The highest BCUT2D eigenvalue weighted by Crippen LogP contribution is 2.40. The van der Waals surface area contributed by atoms with E-state index in [0.29, 0.717) is 5.82 Å². The predicted molar refractivity (Wildman–Crippen MR) is 71.3 cm³/mol. The van der Waals surface area contributed by atoms with Crippen LogP contribution in [0.5, 0.6) is 0 Å². The molecule has 0 bridgehead atoms. The van der Waals surface area contributed by atoms with E-state index in [9.17, 15) is 9.90 Å². The zero-order chi connectivity index (χ0) is 13.6. The van der Waals surface area contributed by atoms with E-state index in [-0.39, 0.29) is 21.2 Å². The van der Waals surface area contributed by atoms with Crippen molar-refractivity contribution in [2.24, 2.45) is 5.41 Å². The van der Waals surface area contributed by atoms with Gasteiger partial charge >= 0.3 is 5.97 Å². The molecule has 19 heavy (non-hydrogen) atoms. The first-order valence-electron chi connectivity index (χ1n) is 5.93. The highest BCUT2D eigenvalue weighted by atomic mass is 35.5. The van der Waals surface area contributed by atoms with Gasteiger partial charge in [0.25, 0.3) is 0 Å². The Bertz CT molecular complexity index is 546. The fourth-order valence-electron chi connectivity index (χ4n) is 2.64. The standard InChI is InChI=1S/C12H12Cl2N2O3/c13-7-3-8(14)15-10(9(7)11(17)18)16-2-1-12(4-16)5-19-6-12/h3H,1-2,4-6H2,(H,17,18). The predicted octanol–water partition coefficient (Wildman–Crippen LogP) is 2.31. The topological polar surface area (TPSA) is 62.7 Å². The number of halogens is 2. The molecular weight excluding hydrogens is 291 g/mol. The molecule has 1 aromatic heterocycles. The fraction of sp³-hybridized carbons (Fsp3) is 0.500. The van der Waals surface area contributed by atoms with Crippen molar-refractivity contribution in [2.75, 3.05) is 31.2 Å². The van der Waals surface area contributed by atoms with E-state index in [1.165, 1.54) is 6.07 Å². The normalized spacial score (nSPS) is 20.6. The molecule has 2 aliphatic heterocycles. The van der Waals surface area contributed by atoms with Crippen LogP contribution in [-0.4, -0.2) is 42.4 Å². The molecule has 0 aromatic carbocycles. The van der Waals surface area contributed by atoms with Crippen LogP contribution in [0.15, 0.2) is 6.07 Å². The SMILES string of the molecule is O=C(O)c1c(Cl)cc(Cl)nc1N1CCC2(COC2)C1. The quantitative estimate of drug-likeness (QED) is 0.850. The lowest BCUT2D eigenvalue weighted by Gasteiger charge is -2.37. The lowest BCUT2D eigenvalue weighted by atomic mass is 9.85. The van der Waals surface area contributed by atoms with Crippen LogP contribution >= 0.6 is 23.2 Å². The van der Waals surface area contributed by atoms with Gasteiger partial charge in [-0.05, 0) is 12.5 Å². The van der Waals surface area contributed by atoms with Crippen LogP contribution in [0.2, 0.25) is 10.2 Å². The van der Waals surface area contributed by atoms with Gasteiger partial charge in [-0.3, -0.25) is 0 Å². The van der Waals surface area contributed by atoms with Crippen molar-refractivity contribution < 1.29 is 14.6 Å². The number of hydrogen-bond acceptors (Lipinski definition) is 4. The Labute approximate surface area is 120 Å². The summed E-state index contributed by atoms with van der Waals surface area (Å²) in [5, 5.41) is 9.60. The Balaban J connectivity index is 1.98. The lowest BCUT2D eigenvalue weighted by Crippen LogP contribution is -2.44. The molecule has 102 valence electrons. The van der Waals surface area contributed by atoms with Crippen molar-refractivity contribution >= 4 is 35.0 Å². The third-order valence-corrected chi connectivity index (χ3v) is 4.18. The number of carbonyl (C=O) groups is 1. The zero-order valence-corrected chi connectivity index (χ0v) is 11.5. The summed E-state index contributed by atoms with van der Waals surface area (Å²) in [5.74, 6) is -0.733. The molecule has 2 saturated heterocycles. The van der Waals surface area contributed by atoms with Crippen LogP contribution in [-0.2, 0) is 4.74 Å². The molecule has 0 saturated carbocycles. The third-order valence-electron chi connectivity index (χ3n) is 3.69. The van der Waals surface area contributed by atoms with Gasteiger partial charge < -0.3 is 14.7 Å². The van der Waals surface area contributed by atoms with E-state index in [4.69, 9.17) is 27.9 Å². The Morgan fingerprint density at radius 3 is 2.74 bits per heavy atom. The maximum atomic E-state index is 11.3. The summed E-state index contributed by atoms with van der Waals surface area (Å²) in [7, 11) is 0. The van der Waals surface area contributed by atoms with Crippen LogP contribution < -0.4 is 4.90 Å². The summed E-state index contributed by atoms with van der Waals surface area (Å²) in [4.78, 5) is 17.4. The van der Waals surface area contributed by atoms with E-state index in [0.717, 1.165) is 32.7 Å². The summed E-state index contributed by atoms with van der Waals surface area (Å²) < 4.78 is 5.25. The molecule has 1 aromatic rings. The molecule has 5 nitrogen and oxygen atoms in total. The second-order valence-electron chi connectivity index (χ2n) is 5.09. The number of aromatic nitrogens is 1. The van der Waals surface area contributed by atoms with Crippen LogP contribution in [0.3, 0.4) is 0 Å². The summed E-state index contributed by atoms with van der Waals surface area (Å²) in [5.41, 5.74) is 0.162. The minimum Gasteiger partial charge on any atom is -0.478 e. The van der Waals surface area contributed by atoms with Crippen LogP contribution in [0, 0.1) is 5.41 Å². The lowest BCUT2D eigenvalue weighted by molar-refractivity contribution is -0.0985. The fourth-order valence-corrected chi connectivity index (χ4v) is 3.16. The molecule has 2 fully saturated rings. The first-order chi connectivity index (χ1) is 9.01. The summed E-state index contributed by atoms with van der Waals surface area (Å²) >= 11 is 11.9. The smallest absolute Gasteiger partial charge is 0.341 e. The molecule has 0 aliphatic carbocycles. The highest BCUT2D eigenvalue weighted by molar-refractivity contribution is 6.36. The van der Waals surface area contributed by atoms with Gasteiger partial charge in [0.05, 0.1) is 18.2 Å². The number of aromatic carboxylic acids is 1. The average Bonchev–Trinajstić information content (AvgIpc) is 2.71. The summed E-state index contributed by atoms with van der Waals surface area (Å²) in [6, 6.07) is 1.36. The molecule has 2 aliphatic rings. The molecule has 1 spiro atoms. The molecule has 0 amide bonds. The minimum absolute atomic E-state index is 0.0170. The van der Waals surface area contributed by atoms with E-state index in [2.05, 4.69) is 4.98 Å². The Hall–Kier alpha value is -1.04. The first-order valence-corrected chi connectivity index (χ1v) is 6.68. The number of pyridine rings is 1. The van der Waals surface area contributed by atoms with Gasteiger partial charge in [-0.15, -0.1) is 0 Å². The maximum Gasteiger partial charge on any atom is 0.341 e. The number of anilines is 1. The van der Waals surface area contributed by atoms with Gasteiger partial charge in [-0.25, -0.2) is 9.78 Å². The van der Waals surface area contributed by atoms with Gasteiger partial charge in [-0.1, -0.05) is 23.2 Å². The molecule has 1 N–H and O–H groups in total. The van der Waals surface area contributed by atoms with Crippen molar-refractivity contribution in [2.45, 2.75) is 6.42 Å². The minimum atomic E-state index is -1.09. The monoisotopic (exact) mass is 302 g/mol. The van der Waals surface area contributed by atoms with Gasteiger partial charge in [0.1, 0.15) is 16.5 Å². The number of nitrogens with zero attached hydrogens (tertiary/aromatic N) is 2. The van der Waals surface area contributed by atoms with E-state index in [1.807, 2.05) is 4.90 Å². The first kappa shape index (κ1) is 13.0. The van der Waals surface area contributed by atoms with E-state index < -0.39 is 5.97 Å². The van der Waals surface area contributed by atoms with E-state index in [1.54, 1.807) is 0 Å². The van der Waals surface area contributed by atoms with Crippen molar-refractivity contribution in [3.63, 3.8) is 0 Å². The third kappa shape index (κ3) is 2.16. The van der Waals surface area contributed by atoms with Gasteiger partial charge in [0.2, 0.25) is 0 Å². The number of carboxylic acid groups (broad SMARTS) is 1. The van der Waals surface area contributed by atoms with Crippen LogP contribution in [0.4, 0.5) is 5.82 Å². The second kappa shape index (κ2) is 4.51. The largest absolute Gasteiger partial charge is 0.478 e. The van der Waals surface area contributed by atoms with Crippen molar-refractivity contribution in [1.82, 2.24) is 4.98 Å².